The molecule has 2 aromatic rings. The van der Waals surface area contributed by atoms with Crippen molar-refractivity contribution in [3.63, 3.8) is 0 Å². The molecule has 1 amide bonds. The molecule has 26 heavy (non-hydrogen) atoms. The highest BCUT2D eigenvalue weighted by Gasteiger charge is 2.41. The van der Waals surface area contributed by atoms with Crippen LogP contribution < -0.4 is 4.90 Å². The minimum absolute atomic E-state index is 0.0225. The molecule has 138 valence electrons. The van der Waals surface area contributed by atoms with Gasteiger partial charge in [0, 0.05) is 38.5 Å². The maximum atomic E-state index is 12.9. The van der Waals surface area contributed by atoms with Crippen molar-refractivity contribution in [2.75, 3.05) is 38.3 Å². The Morgan fingerprint density at radius 1 is 1.23 bits per heavy atom. The molecule has 5 heterocycles. The molecule has 0 aliphatic carbocycles. The molecule has 5 rings (SSSR count). The first-order valence-electron chi connectivity index (χ1n) is 9.21. The molecular formula is C19H25N5O2. The van der Waals surface area contributed by atoms with E-state index in [1.54, 1.807) is 13.4 Å². The number of amides is 1. The lowest BCUT2D eigenvalue weighted by Gasteiger charge is -2.35. The Hall–Kier alpha value is -2.28. The number of pyridine rings is 1. The molecular weight excluding hydrogens is 330 g/mol. The largest absolute Gasteiger partial charge is 0.383 e. The Morgan fingerprint density at radius 3 is 2.88 bits per heavy atom. The van der Waals surface area contributed by atoms with Crippen molar-refractivity contribution in [3.8, 4) is 0 Å². The number of carbonyl (C=O) groups is 1. The van der Waals surface area contributed by atoms with Gasteiger partial charge in [-0.3, -0.25) is 4.79 Å². The third kappa shape index (κ3) is 2.90. The van der Waals surface area contributed by atoms with Crippen LogP contribution in [0.3, 0.4) is 0 Å². The van der Waals surface area contributed by atoms with Gasteiger partial charge < -0.3 is 14.5 Å². The lowest BCUT2D eigenvalue weighted by Crippen LogP contribution is -2.49. The first-order chi connectivity index (χ1) is 12.6. The third-order valence-corrected chi connectivity index (χ3v) is 5.54. The standard InChI is InChI=1S/C19H25N5O2/c1-12-8-13(2)22-17-16(12)18(21-11-20-17)23-9-14-4-5-15(10-23)24(19(14)25)6-7-26-3/h8,11,14-15H,4-7,9-10H2,1-3H3/t14-,15+/m0/s1. The maximum absolute atomic E-state index is 12.9. The summed E-state index contributed by atoms with van der Waals surface area (Å²) in [5.41, 5.74) is 2.81. The third-order valence-electron chi connectivity index (χ3n) is 5.54. The molecule has 2 bridgehead atoms. The SMILES string of the molecule is COCCN1C(=O)[C@H]2CC[C@@H]1CN(c1ncnc3nc(C)cc(C)c13)C2. The van der Waals surface area contributed by atoms with E-state index >= 15 is 0 Å². The normalized spacial score (nSPS) is 23.0. The summed E-state index contributed by atoms with van der Waals surface area (Å²) in [4.78, 5) is 30.7. The van der Waals surface area contributed by atoms with E-state index in [2.05, 4.69) is 32.8 Å². The topological polar surface area (TPSA) is 71.5 Å². The zero-order chi connectivity index (χ0) is 18.3. The molecule has 7 nitrogen and oxygen atoms in total. The van der Waals surface area contributed by atoms with Gasteiger partial charge in [0.25, 0.3) is 0 Å². The molecule has 0 aromatic carbocycles. The van der Waals surface area contributed by atoms with E-state index in [9.17, 15) is 4.79 Å². The summed E-state index contributed by atoms with van der Waals surface area (Å²) in [5, 5.41) is 0.996. The number of nitrogens with zero attached hydrogens (tertiary/aromatic N) is 5. The van der Waals surface area contributed by atoms with Crippen molar-refractivity contribution in [1.29, 1.82) is 0 Å². The quantitative estimate of drug-likeness (QED) is 0.832. The molecule has 7 heteroatoms. The molecule has 3 aliphatic rings. The fourth-order valence-electron chi connectivity index (χ4n) is 4.33. The smallest absolute Gasteiger partial charge is 0.227 e. The summed E-state index contributed by atoms with van der Waals surface area (Å²) in [5.74, 6) is 1.18. The van der Waals surface area contributed by atoms with E-state index < -0.39 is 0 Å². The summed E-state index contributed by atoms with van der Waals surface area (Å²) in [7, 11) is 1.68. The molecule has 3 saturated heterocycles. The van der Waals surface area contributed by atoms with E-state index in [0.29, 0.717) is 19.7 Å². The van der Waals surface area contributed by atoms with Crippen molar-refractivity contribution in [2.45, 2.75) is 32.7 Å². The molecule has 3 aliphatic heterocycles. The van der Waals surface area contributed by atoms with Crippen LogP contribution in [0.5, 0.6) is 0 Å². The Kier molecular flexibility index (Phi) is 4.48. The van der Waals surface area contributed by atoms with E-state index in [1.165, 1.54) is 0 Å². The van der Waals surface area contributed by atoms with E-state index in [0.717, 1.165) is 47.5 Å². The van der Waals surface area contributed by atoms with Gasteiger partial charge in [-0.25, -0.2) is 15.0 Å². The average molecular weight is 355 g/mol. The molecule has 0 spiro atoms. The number of anilines is 1. The predicted octanol–water partition coefficient (Wildman–Crippen LogP) is 1.72. The first-order valence-corrected chi connectivity index (χ1v) is 9.21. The Balaban J connectivity index is 1.72. The van der Waals surface area contributed by atoms with Crippen LogP contribution >= 0.6 is 0 Å². The van der Waals surface area contributed by atoms with Crippen molar-refractivity contribution < 1.29 is 9.53 Å². The van der Waals surface area contributed by atoms with Crippen LogP contribution in [0.4, 0.5) is 5.82 Å². The van der Waals surface area contributed by atoms with Crippen LogP contribution in [-0.4, -0.2) is 65.2 Å². The highest BCUT2D eigenvalue weighted by molar-refractivity contribution is 5.91. The summed E-state index contributed by atoms with van der Waals surface area (Å²) in [6.07, 6.45) is 3.57. The van der Waals surface area contributed by atoms with Gasteiger partial charge in [0.05, 0.1) is 17.9 Å². The first kappa shape index (κ1) is 17.1. The monoisotopic (exact) mass is 355 g/mol. The fraction of sp³-hybridized carbons (Fsp3) is 0.579. The number of rotatable bonds is 4. The van der Waals surface area contributed by atoms with E-state index in [-0.39, 0.29) is 17.9 Å². The van der Waals surface area contributed by atoms with Gasteiger partial charge in [-0.15, -0.1) is 0 Å². The van der Waals surface area contributed by atoms with Crippen LogP contribution in [0.1, 0.15) is 24.1 Å². The summed E-state index contributed by atoms with van der Waals surface area (Å²) < 4.78 is 5.20. The number of methoxy groups -OCH3 is 1. The number of ether oxygens (including phenoxy) is 1. The fourth-order valence-corrected chi connectivity index (χ4v) is 4.33. The number of hydrogen-bond acceptors (Lipinski definition) is 6. The second-order valence-corrected chi connectivity index (χ2v) is 7.33. The number of fused-ring (bicyclic) bond motifs is 5. The van der Waals surface area contributed by atoms with Gasteiger partial charge in [-0.1, -0.05) is 0 Å². The Bertz CT molecular complexity index is 840. The van der Waals surface area contributed by atoms with Crippen molar-refractivity contribution in [1.82, 2.24) is 19.9 Å². The second-order valence-electron chi connectivity index (χ2n) is 7.33. The van der Waals surface area contributed by atoms with Crippen molar-refractivity contribution in [2.24, 2.45) is 5.92 Å². The lowest BCUT2D eigenvalue weighted by atomic mass is 9.94. The van der Waals surface area contributed by atoms with Gasteiger partial charge in [0.2, 0.25) is 5.91 Å². The minimum atomic E-state index is 0.0225. The Morgan fingerprint density at radius 2 is 2.08 bits per heavy atom. The van der Waals surface area contributed by atoms with Gasteiger partial charge in [-0.05, 0) is 38.3 Å². The van der Waals surface area contributed by atoms with Crippen LogP contribution in [0.25, 0.3) is 11.0 Å². The van der Waals surface area contributed by atoms with Gasteiger partial charge in [0.1, 0.15) is 12.1 Å². The summed E-state index contributed by atoms with van der Waals surface area (Å²) in [6, 6.07) is 2.28. The average Bonchev–Trinajstić information content (AvgIpc) is 2.90. The Labute approximate surface area is 153 Å². The number of aromatic nitrogens is 3. The predicted molar refractivity (Wildman–Crippen MR) is 99.1 cm³/mol. The molecule has 2 atom stereocenters. The zero-order valence-electron chi connectivity index (χ0n) is 15.6. The summed E-state index contributed by atoms with van der Waals surface area (Å²) in [6.45, 7) is 6.80. The number of piperidine rings is 1. The molecule has 0 radical (unpaired) electrons. The maximum Gasteiger partial charge on any atom is 0.227 e. The van der Waals surface area contributed by atoms with Crippen molar-refractivity contribution in [3.05, 3.63) is 23.7 Å². The summed E-state index contributed by atoms with van der Waals surface area (Å²) >= 11 is 0. The lowest BCUT2D eigenvalue weighted by molar-refractivity contribution is -0.140. The van der Waals surface area contributed by atoms with Crippen LogP contribution in [-0.2, 0) is 9.53 Å². The minimum Gasteiger partial charge on any atom is -0.383 e. The van der Waals surface area contributed by atoms with Crippen LogP contribution in [0, 0.1) is 19.8 Å². The molecule has 0 saturated carbocycles. The van der Waals surface area contributed by atoms with E-state index in [1.807, 2.05) is 11.8 Å². The number of aryl methyl sites for hydroxylation is 2. The molecule has 0 unspecified atom stereocenters. The van der Waals surface area contributed by atoms with Gasteiger partial charge in [-0.2, -0.15) is 0 Å². The van der Waals surface area contributed by atoms with Crippen LogP contribution in [0.2, 0.25) is 0 Å². The number of carbonyl (C=O) groups excluding carboxylic acids is 1. The van der Waals surface area contributed by atoms with E-state index in [4.69, 9.17) is 4.74 Å². The van der Waals surface area contributed by atoms with Crippen LogP contribution in [0.15, 0.2) is 12.4 Å². The molecule has 2 aromatic heterocycles. The highest BCUT2D eigenvalue weighted by Crippen LogP contribution is 2.34. The van der Waals surface area contributed by atoms with Crippen molar-refractivity contribution >= 4 is 22.8 Å². The zero-order valence-corrected chi connectivity index (χ0v) is 15.6. The highest BCUT2D eigenvalue weighted by atomic mass is 16.5. The molecule has 0 N–H and O–H groups in total. The molecule has 3 fully saturated rings. The van der Waals surface area contributed by atoms with Gasteiger partial charge >= 0.3 is 0 Å². The number of hydrogen-bond donors (Lipinski definition) is 0. The second kappa shape index (κ2) is 6.79. The van der Waals surface area contributed by atoms with Gasteiger partial charge in [0.15, 0.2) is 5.65 Å².